The molecule has 3 rings (SSSR count). The molecule has 2 aromatic rings. The van der Waals surface area contributed by atoms with Crippen LogP contribution >= 0.6 is 0 Å². The van der Waals surface area contributed by atoms with E-state index in [1.807, 2.05) is 30.3 Å². The second-order valence-electron chi connectivity index (χ2n) is 4.49. The van der Waals surface area contributed by atoms with Gasteiger partial charge in [-0.3, -0.25) is 9.89 Å². The van der Waals surface area contributed by atoms with Crippen LogP contribution in [0.5, 0.6) is 0 Å². The highest BCUT2D eigenvalue weighted by atomic mass is 16.2. The molecule has 1 aromatic carbocycles. The zero-order valence-corrected chi connectivity index (χ0v) is 9.84. The number of hydrogen-bond acceptors (Lipinski definition) is 3. The van der Waals surface area contributed by atoms with Gasteiger partial charge in [-0.25, -0.2) is 0 Å². The van der Waals surface area contributed by atoms with Crippen LogP contribution in [0.4, 0.5) is 5.69 Å². The minimum atomic E-state index is -0.0617. The van der Waals surface area contributed by atoms with Crippen molar-refractivity contribution in [2.45, 2.75) is 12.5 Å². The molecule has 0 radical (unpaired) electrons. The van der Waals surface area contributed by atoms with E-state index in [0.717, 1.165) is 16.9 Å². The molecular weight excluding hydrogens is 228 g/mol. The van der Waals surface area contributed by atoms with Crippen molar-refractivity contribution in [2.24, 2.45) is 5.73 Å². The van der Waals surface area contributed by atoms with E-state index >= 15 is 0 Å². The first-order valence-electron chi connectivity index (χ1n) is 5.90. The van der Waals surface area contributed by atoms with Crippen LogP contribution in [-0.4, -0.2) is 28.7 Å². The second-order valence-corrected chi connectivity index (χ2v) is 4.49. The summed E-state index contributed by atoms with van der Waals surface area (Å²) in [5.74, 6) is 0.0873. The highest BCUT2D eigenvalue weighted by Crippen LogP contribution is 2.26. The first kappa shape index (κ1) is 11.0. The van der Waals surface area contributed by atoms with Gasteiger partial charge in [0.25, 0.3) is 0 Å². The van der Waals surface area contributed by atoms with Crippen molar-refractivity contribution in [1.82, 2.24) is 10.2 Å². The number of aromatic amines is 1. The number of aromatic nitrogens is 2. The number of rotatable bonds is 2. The predicted molar refractivity (Wildman–Crippen MR) is 69.0 cm³/mol. The molecule has 0 spiro atoms. The maximum Gasteiger partial charge on any atom is 0.228 e. The molecule has 1 aliphatic heterocycles. The lowest BCUT2D eigenvalue weighted by Gasteiger charge is -2.16. The number of carbonyl (C=O) groups excluding carboxylic acids is 1. The van der Waals surface area contributed by atoms with Crippen LogP contribution in [0, 0.1) is 0 Å². The van der Waals surface area contributed by atoms with E-state index in [0.29, 0.717) is 13.0 Å². The summed E-state index contributed by atoms with van der Waals surface area (Å²) in [5.41, 5.74) is 8.65. The molecule has 2 heterocycles. The largest absolute Gasteiger partial charge is 0.326 e. The zero-order valence-electron chi connectivity index (χ0n) is 9.84. The smallest absolute Gasteiger partial charge is 0.228 e. The van der Waals surface area contributed by atoms with Gasteiger partial charge < -0.3 is 10.6 Å². The Morgan fingerprint density at radius 1 is 1.39 bits per heavy atom. The molecule has 1 fully saturated rings. The van der Waals surface area contributed by atoms with Crippen LogP contribution in [0.3, 0.4) is 0 Å². The van der Waals surface area contributed by atoms with Gasteiger partial charge in [-0.2, -0.15) is 5.10 Å². The molecule has 0 saturated carbocycles. The normalized spacial score (nSPS) is 19.5. The summed E-state index contributed by atoms with van der Waals surface area (Å²) in [4.78, 5) is 13.5. The fourth-order valence-corrected chi connectivity index (χ4v) is 2.24. The maximum absolute atomic E-state index is 11.8. The number of carbonyl (C=O) groups is 1. The summed E-state index contributed by atoms with van der Waals surface area (Å²) in [7, 11) is 0. The van der Waals surface area contributed by atoms with Crippen LogP contribution in [0.25, 0.3) is 11.3 Å². The third kappa shape index (κ3) is 1.89. The monoisotopic (exact) mass is 242 g/mol. The lowest BCUT2D eigenvalue weighted by Crippen LogP contribution is -2.27. The van der Waals surface area contributed by atoms with E-state index < -0.39 is 0 Å². The molecule has 0 aliphatic carbocycles. The third-order valence-electron chi connectivity index (χ3n) is 3.12. The Hall–Kier alpha value is -2.14. The SMILES string of the molecule is NC1CC(=O)N(c2cccc(-c3ccn[nH]3)c2)C1. The minimum Gasteiger partial charge on any atom is -0.326 e. The van der Waals surface area contributed by atoms with E-state index in [1.54, 1.807) is 11.1 Å². The lowest BCUT2D eigenvalue weighted by molar-refractivity contribution is -0.117. The van der Waals surface area contributed by atoms with Crippen molar-refractivity contribution >= 4 is 11.6 Å². The van der Waals surface area contributed by atoms with Gasteiger partial charge >= 0.3 is 0 Å². The first-order chi connectivity index (χ1) is 8.74. The summed E-state index contributed by atoms with van der Waals surface area (Å²) in [5, 5.41) is 6.84. The van der Waals surface area contributed by atoms with Gasteiger partial charge in [0.05, 0.1) is 5.69 Å². The Morgan fingerprint density at radius 3 is 2.94 bits per heavy atom. The predicted octanol–water partition coefficient (Wildman–Crippen LogP) is 1.14. The van der Waals surface area contributed by atoms with Gasteiger partial charge in [-0.1, -0.05) is 12.1 Å². The fraction of sp³-hybridized carbons (Fsp3) is 0.231. The number of amides is 1. The van der Waals surface area contributed by atoms with Crippen LogP contribution in [0.1, 0.15) is 6.42 Å². The van der Waals surface area contributed by atoms with E-state index in [9.17, 15) is 4.79 Å². The molecule has 5 nitrogen and oxygen atoms in total. The number of anilines is 1. The van der Waals surface area contributed by atoms with Gasteiger partial charge in [-0.15, -0.1) is 0 Å². The van der Waals surface area contributed by atoms with Gasteiger partial charge in [0.15, 0.2) is 0 Å². The van der Waals surface area contributed by atoms with E-state index in [4.69, 9.17) is 5.73 Å². The Morgan fingerprint density at radius 2 is 2.28 bits per heavy atom. The summed E-state index contributed by atoms with van der Waals surface area (Å²) in [6, 6.07) is 9.66. The van der Waals surface area contributed by atoms with Crippen LogP contribution in [0.15, 0.2) is 36.5 Å². The Kier molecular flexibility index (Phi) is 2.60. The highest BCUT2D eigenvalue weighted by Gasteiger charge is 2.28. The number of hydrogen-bond donors (Lipinski definition) is 2. The molecule has 1 saturated heterocycles. The number of nitrogens with zero attached hydrogens (tertiary/aromatic N) is 2. The molecule has 1 aromatic heterocycles. The Labute approximate surface area is 105 Å². The minimum absolute atomic E-state index is 0.0617. The zero-order chi connectivity index (χ0) is 12.5. The second kappa shape index (κ2) is 4.27. The molecule has 1 aliphatic rings. The molecule has 18 heavy (non-hydrogen) atoms. The lowest BCUT2D eigenvalue weighted by atomic mass is 10.1. The van der Waals surface area contributed by atoms with Crippen LogP contribution in [0.2, 0.25) is 0 Å². The van der Waals surface area contributed by atoms with Crippen molar-refractivity contribution in [1.29, 1.82) is 0 Å². The number of H-pyrrole nitrogens is 1. The van der Waals surface area contributed by atoms with E-state index in [-0.39, 0.29) is 11.9 Å². The number of benzene rings is 1. The van der Waals surface area contributed by atoms with Gasteiger partial charge in [0.1, 0.15) is 0 Å². The van der Waals surface area contributed by atoms with Crippen molar-refractivity contribution in [2.75, 3.05) is 11.4 Å². The van der Waals surface area contributed by atoms with E-state index in [2.05, 4.69) is 10.2 Å². The van der Waals surface area contributed by atoms with Crippen molar-refractivity contribution < 1.29 is 4.79 Å². The molecule has 92 valence electrons. The summed E-state index contributed by atoms with van der Waals surface area (Å²) >= 11 is 0. The van der Waals surface area contributed by atoms with Gasteiger partial charge in [-0.05, 0) is 18.2 Å². The Bertz CT molecular complexity index is 564. The fourth-order valence-electron chi connectivity index (χ4n) is 2.24. The topological polar surface area (TPSA) is 75.0 Å². The molecule has 1 atom stereocenters. The quantitative estimate of drug-likeness (QED) is 0.829. The number of nitrogens with two attached hydrogens (primary N) is 1. The van der Waals surface area contributed by atoms with Crippen molar-refractivity contribution in [3.63, 3.8) is 0 Å². The standard InChI is InChI=1S/C13H14N4O/c14-10-7-13(18)17(8-10)11-3-1-2-9(6-11)12-4-5-15-16-12/h1-6,10H,7-8,14H2,(H,15,16). The van der Waals surface area contributed by atoms with Crippen LogP contribution < -0.4 is 10.6 Å². The summed E-state index contributed by atoms with van der Waals surface area (Å²) in [6.45, 7) is 0.589. The third-order valence-corrected chi connectivity index (χ3v) is 3.12. The molecule has 1 unspecified atom stereocenters. The molecule has 3 N–H and O–H groups in total. The van der Waals surface area contributed by atoms with Crippen molar-refractivity contribution in [3.05, 3.63) is 36.5 Å². The van der Waals surface area contributed by atoms with Crippen LogP contribution in [-0.2, 0) is 4.79 Å². The number of nitrogens with one attached hydrogen (secondary N) is 1. The summed E-state index contributed by atoms with van der Waals surface area (Å²) in [6.07, 6.45) is 2.13. The molecule has 0 bridgehead atoms. The average Bonchev–Trinajstić information content (AvgIpc) is 2.99. The maximum atomic E-state index is 11.8. The summed E-state index contributed by atoms with van der Waals surface area (Å²) < 4.78 is 0. The van der Waals surface area contributed by atoms with Gasteiger partial charge in [0.2, 0.25) is 5.91 Å². The molecular formula is C13H14N4O. The molecule has 1 amide bonds. The van der Waals surface area contributed by atoms with E-state index in [1.165, 1.54) is 0 Å². The average molecular weight is 242 g/mol. The van der Waals surface area contributed by atoms with Gasteiger partial charge in [0, 0.05) is 36.5 Å². The van der Waals surface area contributed by atoms with Crippen molar-refractivity contribution in [3.8, 4) is 11.3 Å². The Balaban J connectivity index is 1.94. The molecule has 5 heteroatoms. The first-order valence-corrected chi connectivity index (χ1v) is 5.90. The highest BCUT2D eigenvalue weighted by molar-refractivity contribution is 5.96.